The molecule has 0 bridgehead atoms. The molecule has 122 valence electrons. The van der Waals surface area contributed by atoms with E-state index in [-0.39, 0.29) is 6.03 Å². The SMILES string of the molecule is Cc1coc(-c2cc(NC(=O)N3CCCCCC3)ccc2C)n1. The van der Waals surface area contributed by atoms with Gasteiger partial charge in [-0.05, 0) is 44.4 Å². The number of rotatable bonds is 2. The van der Waals surface area contributed by atoms with Gasteiger partial charge in [0.25, 0.3) is 0 Å². The lowest BCUT2D eigenvalue weighted by Crippen LogP contribution is -2.35. The van der Waals surface area contributed by atoms with Gasteiger partial charge in [0, 0.05) is 24.3 Å². The summed E-state index contributed by atoms with van der Waals surface area (Å²) in [6.45, 7) is 5.58. The smallest absolute Gasteiger partial charge is 0.321 e. The van der Waals surface area contributed by atoms with E-state index in [2.05, 4.69) is 10.3 Å². The van der Waals surface area contributed by atoms with Crippen LogP contribution in [0, 0.1) is 13.8 Å². The van der Waals surface area contributed by atoms with Crippen molar-refractivity contribution in [1.29, 1.82) is 0 Å². The van der Waals surface area contributed by atoms with Crippen molar-refractivity contribution in [2.24, 2.45) is 0 Å². The minimum Gasteiger partial charge on any atom is -0.444 e. The number of nitrogens with one attached hydrogen (secondary N) is 1. The van der Waals surface area contributed by atoms with Crippen LogP contribution >= 0.6 is 0 Å². The Kier molecular flexibility index (Phi) is 4.65. The number of carbonyl (C=O) groups is 1. The summed E-state index contributed by atoms with van der Waals surface area (Å²) in [5, 5.41) is 3.00. The summed E-state index contributed by atoms with van der Waals surface area (Å²) in [6.07, 6.45) is 6.23. The number of benzene rings is 1. The average Bonchev–Trinajstić information content (AvgIpc) is 2.80. The van der Waals surface area contributed by atoms with E-state index in [1.165, 1.54) is 12.8 Å². The molecule has 5 nitrogen and oxygen atoms in total. The molecule has 2 aromatic rings. The maximum atomic E-state index is 12.4. The van der Waals surface area contributed by atoms with Crippen molar-refractivity contribution in [1.82, 2.24) is 9.88 Å². The molecule has 1 fully saturated rings. The zero-order chi connectivity index (χ0) is 16.2. The number of carbonyl (C=O) groups excluding carboxylic acids is 1. The number of nitrogens with zero attached hydrogens (tertiary/aromatic N) is 2. The lowest BCUT2D eigenvalue weighted by atomic mass is 10.1. The monoisotopic (exact) mass is 313 g/mol. The molecule has 0 aliphatic carbocycles. The summed E-state index contributed by atoms with van der Waals surface area (Å²) in [5.74, 6) is 0.589. The van der Waals surface area contributed by atoms with Crippen molar-refractivity contribution < 1.29 is 9.21 Å². The van der Waals surface area contributed by atoms with E-state index < -0.39 is 0 Å². The third-order valence-corrected chi connectivity index (χ3v) is 4.23. The summed E-state index contributed by atoms with van der Waals surface area (Å²) in [7, 11) is 0. The Labute approximate surface area is 136 Å². The minimum atomic E-state index is -0.0229. The molecule has 1 aromatic heterocycles. The summed E-state index contributed by atoms with van der Waals surface area (Å²) in [5.41, 5.74) is 3.60. The summed E-state index contributed by atoms with van der Waals surface area (Å²) >= 11 is 0. The number of hydrogen-bond acceptors (Lipinski definition) is 3. The molecule has 0 unspecified atom stereocenters. The highest BCUT2D eigenvalue weighted by atomic mass is 16.3. The van der Waals surface area contributed by atoms with E-state index in [9.17, 15) is 4.79 Å². The molecule has 0 spiro atoms. The number of anilines is 1. The first-order valence-electron chi connectivity index (χ1n) is 8.22. The minimum absolute atomic E-state index is 0.0229. The third kappa shape index (κ3) is 3.73. The number of likely N-dealkylation sites (tertiary alicyclic amines) is 1. The highest BCUT2D eigenvalue weighted by Gasteiger charge is 2.16. The highest BCUT2D eigenvalue weighted by Crippen LogP contribution is 2.26. The van der Waals surface area contributed by atoms with Crippen LogP contribution in [0.25, 0.3) is 11.5 Å². The second-order valence-corrected chi connectivity index (χ2v) is 6.16. The number of aromatic nitrogens is 1. The first-order valence-corrected chi connectivity index (χ1v) is 8.22. The van der Waals surface area contributed by atoms with Crippen molar-refractivity contribution in [2.75, 3.05) is 18.4 Å². The standard InChI is InChI=1S/C18H23N3O2/c1-13-7-8-15(11-16(13)17-19-14(2)12-23-17)20-18(22)21-9-5-3-4-6-10-21/h7-8,11-12H,3-6,9-10H2,1-2H3,(H,20,22). The third-order valence-electron chi connectivity index (χ3n) is 4.23. The van der Waals surface area contributed by atoms with Gasteiger partial charge < -0.3 is 14.6 Å². The predicted octanol–water partition coefficient (Wildman–Crippen LogP) is 4.37. The van der Waals surface area contributed by atoms with E-state index in [0.29, 0.717) is 5.89 Å². The largest absolute Gasteiger partial charge is 0.444 e. The van der Waals surface area contributed by atoms with Gasteiger partial charge in [-0.25, -0.2) is 9.78 Å². The average molecular weight is 313 g/mol. The fourth-order valence-electron chi connectivity index (χ4n) is 2.88. The van der Waals surface area contributed by atoms with Gasteiger partial charge in [0.1, 0.15) is 6.26 Å². The lowest BCUT2D eigenvalue weighted by Gasteiger charge is -2.21. The van der Waals surface area contributed by atoms with Gasteiger partial charge in [0.15, 0.2) is 0 Å². The van der Waals surface area contributed by atoms with Crippen LogP contribution in [0.4, 0.5) is 10.5 Å². The molecule has 0 saturated carbocycles. The van der Waals surface area contributed by atoms with Gasteiger partial charge in [-0.15, -0.1) is 0 Å². The van der Waals surface area contributed by atoms with Crippen LogP contribution in [-0.4, -0.2) is 29.0 Å². The fourth-order valence-corrected chi connectivity index (χ4v) is 2.88. The summed E-state index contributed by atoms with van der Waals surface area (Å²) in [4.78, 5) is 18.7. The Bertz CT molecular complexity index is 685. The Morgan fingerprint density at radius 3 is 2.57 bits per heavy atom. The van der Waals surface area contributed by atoms with Gasteiger partial charge >= 0.3 is 6.03 Å². The van der Waals surface area contributed by atoms with Crippen LogP contribution < -0.4 is 5.32 Å². The molecule has 1 aliphatic rings. The van der Waals surface area contributed by atoms with Crippen molar-refractivity contribution in [3.63, 3.8) is 0 Å². The van der Waals surface area contributed by atoms with Gasteiger partial charge in [-0.1, -0.05) is 18.9 Å². The van der Waals surface area contributed by atoms with Gasteiger partial charge in [0.2, 0.25) is 5.89 Å². The molecule has 0 radical (unpaired) electrons. The quantitative estimate of drug-likeness (QED) is 0.896. The van der Waals surface area contributed by atoms with Crippen LogP contribution in [0.3, 0.4) is 0 Å². The Balaban J connectivity index is 1.76. The van der Waals surface area contributed by atoms with Crippen LogP contribution in [0.2, 0.25) is 0 Å². The Morgan fingerprint density at radius 2 is 1.91 bits per heavy atom. The molecule has 0 atom stereocenters. The lowest BCUT2D eigenvalue weighted by molar-refractivity contribution is 0.214. The number of amides is 2. The first kappa shape index (κ1) is 15.6. The molecule has 2 heterocycles. The highest BCUT2D eigenvalue weighted by molar-refractivity contribution is 5.90. The second-order valence-electron chi connectivity index (χ2n) is 6.16. The van der Waals surface area contributed by atoms with E-state index in [4.69, 9.17) is 4.42 Å². The molecule has 1 N–H and O–H groups in total. The van der Waals surface area contributed by atoms with E-state index >= 15 is 0 Å². The normalized spacial score (nSPS) is 15.3. The Hall–Kier alpha value is -2.30. The van der Waals surface area contributed by atoms with E-state index in [1.54, 1.807) is 6.26 Å². The number of aryl methyl sites for hydroxylation is 2. The molecular weight excluding hydrogens is 290 g/mol. The van der Waals surface area contributed by atoms with Crippen molar-refractivity contribution >= 4 is 11.7 Å². The second kappa shape index (κ2) is 6.86. The van der Waals surface area contributed by atoms with Crippen molar-refractivity contribution in [2.45, 2.75) is 39.5 Å². The molecular formula is C18H23N3O2. The summed E-state index contributed by atoms with van der Waals surface area (Å²) < 4.78 is 5.49. The van der Waals surface area contributed by atoms with Gasteiger partial charge in [-0.3, -0.25) is 0 Å². The van der Waals surface area contributed by atoms with Gasteiger partial charge in [-0.2, -0.15) is 0 Å². The topological polar surface area (TPSA) is 58.4 Å². The van der Waals surface area contributed by atoms with Crippen LogP contribution in [0.1, 0.15) is 36.9 Å². The zero-order valence-corrected chi connectivity index (χ0v) is 13.8. The maximum absolute atomic E-state index is 12.4. The first-order chi connectivity index (χ1) is 11.1. The predicted molar refractivity (Wildman–Crippen MR) is 90.5 cm³/mol. The van der Waals surface area contributed by atoms with Gasteiger partial charge in [0.05, 0.1) is 5.69 Å². The number of oxazole rings is 1. The van der Waals surface area contributed by atoms with Crippen LogP contribution in [0.5, 0.6) is 0 Å². The molecule has 1 aromatic carbocycles. The summed E-state index contributed by atoms with van der Waals surface area (Å²) in [6, 6.07) is 5.80. The zero-order valence-electron chi connectivity index (χ0n) is 13.8. The Morgan fingerprint density at radius 1 is 1.17 bits per heavy atom. The van der Waals surface area contributed by atoms with Crippen LogP contribution in [-0.2, 0) is 0 Å². The molecule has 1 aliphatic heterocycles. The van der Waals surface area contributed by atoms with Crippen molar-refractivity contribution in [3.8, 4) is 11.5 Å². The molecule has 5 heteroatoms. The van der Waals surface area contributed by atoms with Crippen LogP contribution in [0.15, 0.2) is 28.9 Å². The molecule has 2 amide bonds. The number of hydrogen-bond donors (Lipinski definition) is 1. The van der Waals surface area contributed by atoms with E-state index in [0.717, 1.165) is 48.4 Å². The molecule has 3 rings (SSSR count). The number of urea groups is 1. The van der Waals surface area contributed by atoms with Crippen molar-refractivity contribution in [3.05, 3.63) is 35.7 Å². The molecule has 1 saturated heterocycles. The fraction of sp³-hybridized carbons (Fsp3) is 0.444. The maximum Gasteiger partial charge on any atom is 0.321 e. The van der Waals surface area contributed by atoms with E-state index in [1.807, 2.05) is 36.9 Å². The molecule has 23 heavy (non-hydrogen) atoms.